The van der Waals surface area contributed by atoms with Gasteiger partial charge in [0.25, 0.3) is 0 Å². The van der Waals surface area contributed by atoms with Gasteiger partial charge in [-0.25, -0.2) is 0 Å². The van der Waals surface area contributed by atoms with Crippen LogP contribution >= 0.6 is 0 Å². The summed E-state index contributed by atoms with van der Waals surface area (Å²) < 4.78 is 17.0. The Labute approximate surface area is 145 Å². The van der Waals surface area contributed by atoms with Crippen LogP contribution in [0.25, 0.3) is 0 Å². The van der Waals surface area contributed by atoms with Crippen LogP contribution in [0.4, 0.5) is 0 Å². The number of carbonyl (C=O) groups is 1. The number of benzene rings is 1. The van der Waals surface area contributed by atoms with Crippen LogP contribution in [0.1, 0.15) is 63.7 Å². The Hall–Kier alpha value is -1.39. The topological polar surface area (TPSA) is 44.8 Å². The van der Waals surface area contributed by atoms with Crippen LogP contribution in [-0.4, -0.2) is 31.4 Å². The molecule has 1 aliphatic rings. The summed E-state index contributed by atoms with van der Waals surface area (Å²) in [6.07, 6.45) is 3.23. The molecule has 4 nitrogen and oxygen atoms in total. The average Bonchev–Trinajstić information content (AvgIpc) is 2.53. The van der Waals surface area contributed by atoms with Gasteiger partial charge < -0.3 is 14.2 Å². The van der Waals surface area contributed by atoms with Gasteiger partial charge in [-0.05, 0) is 57.4 Å². The van der Waals surface area contributed by atoms with Crippen molar-refractivity contribution in [3.8, 4) is 5.75 Å². The molecule has 1 saturated heterocycles. The molecular weight excluding hydrogens is 304 g/mol. The molecule has 2 rings (SSSR count). The molecule has 134 valence electrons. The van der Waals surface area contributed by atoms with Gasteiger partial charge in [-0.15, -0.1) is 0 Å². The summed E-state index contributed by atoms with van der Waals surface area (Å²) in [5.41, 5.74) is 0.857. The number of rotatable bonds is 8. The van der Waals surface area contributed by atoms with Crippen LogP contribution in [-0.2, 0) is 9.47 Å². The third-order valence-corrected chi connectivity index (χ3v) is 3.96. The van der Waals surface area contributed by atoms with Gasteiger partial charge in [-0.3, -0.25) is 4.79 Å². The maximum atomic E-state index is 12.2. The molecule has 0 N–H and O–H groups in total. The smallest absolute Gasteiger partial charge is 0.162 e. The second-order valence-electron chi connectivity index (χ2n) is 7.58. The van der Waals surface area contributed by atoms with Crippen LogP contribution in [0.3, 0.4) is 0 Å². The normalized spacial score (nSPS) is 17.9. The molecule has 1 aromatic carbocycles. The number of ether oxygens (including phenoxy) is 3. The van der Waals surface area contributed by atoms with Crippen molar-refractivity contribution in [2.45, 2.75) is 65.8 Å². The molecule has 0 saturated carbocycles. The average molecular weight is 334 g/mol. The summed E-state index contributed by atoms with van der Waals surface area (Å²) in [4.78, 5) is 12.2. The quantitative estimate of drug-likeness (QED) is 0.514. The molecule has 1 aromatic rings. The van der Waals surface area contributed by atoms with E-state index in [0.717, 1.165) is 43.8 Å². The minimum absolute atomic E-state index is 0.109. The lowest BCUT2D eigenvalue weighted by atomic mass is 9.95. The standard InChI is InChI=1S/C20H30O4/c1-15(2)24-17-11-9-16(10-12-17)18(21)7-5-6-8-19-22-13-20(3,4)14-23-19/h9-12,15,19H,5-8,13-14H2,1-4H3. The number of carbonyl (C=O) groups excluding carboxylic acids is 1. The van der Waals surface area contributed by atoms with Crippen molar-refractivity contribution < 1.29 is 19.0 Å². The molecule has 0 bridgehead atoms. The van der Waals surface area contributed by atoms with Crippen LogP contribution in [0.2, 0.25) is 0 Å². The van der Waals surface area contributed by atoms with E-state index in [4.69, 9.17) is 14.2 Å². The van der Waals surface area contributed by atoms with E-state index < -0.39 is 0 Å². The molecule has 1 fully saturated rings. The van der Waals surface area contributed by atoms with E-state index in [9.17, 15) is 4.79 Å². The van der Waals surface area contributed by atoms with Gasteiger partial charge in [0.05, 0.1) is 19.3 Å². The van der Waals surface area contributed by atoms with Gasteiger partial charge >= 0.3 is 0 Å². The zero-order valence-electron chi connectivity index (χ0n) is 15.3. The largest absolute Gasteiger partial charge is 0.491 e. The summed E-state index contributed by atoms with van der Waals surface area (Å²) in [7, 11) is 0. The number of hydrogen-bond donors (Lipinski definition) is 0. The summed E-state index contributed by atoms with van der Waals surface area (Å²) in [5.74, 6) is 0.980. The van der Waals surface area contributed by atoms with Crippen molar-refractivity contribution in [2.24, 2.45) is 5.41 Å². The minimum atomic E-state index is -0.111. The summed E-state index contributed by atoms with van der Waals surface area (Å²) in [5, 5.41) is 0. The molecule has 0 unspecified atom stereocenters. The molecule has 0 atom stereocenters. The third kappa shape index (κ3) is 6.25. The molecule has 4 heteroatoms. The van der Waals surface area contributed by atoms with Gasteiger partial charge in [0.15, 0.2) is 12.1 Å². The van der Waals surface area contributed by atoms with Crippen molar-refractivity contribution in [3.63, 3.8) is 0 Å². The van der Waals surface area contributed by atoms with E-state index in [-0.39, 0.29) is 23.6 Å². The van der Waals surface area contributed by atoms with Gasteiger partial charge in [0, 0.05) is 17.4 Å². The van der Waals surface area contributed by atoms with E-state index in [1.54, 1.807) is 0 Å². The predicted octanol–water partition coefficient (Wildman–Crippen LogP) is 4.62. The lowest BCUT2D eigenvalue weighted by Gasteiger charge is -2.34. The van der Waals surface area contributed by atoms with Crippen molar-refractivity contribution in [2.75, 3.05) is 13.2 Å². The molecular formula is C20H30O4. The first-order chi connectivity index (χ1) is 11.4. The second-order valence-corrected chi connectivity index (χ2v) is 7.58. The van der Waals surface area contributed by atoms with Crippen molar-refractivity contribution >= 4 is 5.78 Å². The molecule has 1 aliphatic heterocycles. The Kier molecular flexibility index (Phi) is 6.81. The van der Waals surface area contributed by atoms with E-state index >= 15 is 0 Å². The van der Waals surface area contributed by atoms with Gasteiger partial charge in [-0.2, -0.15) is 0 Å². The molecule has 24 heavy (non-hydrogen) atoms. The number of hydrogen-bond acceptors (Lipinski definition) is 4. The molecule has 0 aromatic heterocycles. The Morgan fingerprint density at radius 2 is 1.79 bits per heavy atom. The molecule has 0 amide bonds. The van der Waals surface area contributed by atoms with Crippen molar-refractivity contribution in [3.05, 3.63) is 29.8 Å². The van der Waals surface area contributed by atoms with E-state index in [2.05, 4.69) is 13.8 Å². The highest BCUT2D eigenvalue weighted by molar-refractivity contribution is 5.96. The van der Waals surface area contributed by atoms with Crippen LogP contribution in [0, 0.1) is 5.41 Å². The SMILES string of the molecule is CC(C)Oc1ccc(C(=O)CCCCC2OCC(C)(C)CO2)cc1. The second kappa shape index (κ2) is 8.63. The summed E-state index contributed by atoms with van der Waals surface area (Å²) in [6.45, 7) is 9.72. The van der Waals surface area contributed by atoms with E-state index in [0.29, 0.717) is 6.42 Å². The minimum Gasteiger partial charge on any atom is -0.491 e. The van der Waals surface area contributed by atoms with E-state index in [1.165, 1.54) is 0 Å². The van der Waals surface area contributed by atoms with Crippen molar-refractivity contribution in [1.29, 1.82) is 0 Å². The zero-order chi connectivity index (χ0) is 17.6. The Morgan fingerprint density at radius 1 is 1.17 bits per heavy atom. The van der Waals surface area contributed by atoms with Gasteiger partial charge in [0.2, 0.25) is 0 Å². The highest BCUT2D eigenvalue weighted by Gasteiger charge is 2.27. The van der Waals surface area contributed by atoms with E-state index in [1.807, 2.05) is 38.1 Å². The molecule has 1 heterocycles. The first-order valence-corrected chi connectivity index (χ1v) is 8.89. The van der Waals surface area contributed by atoms with Gasteiger partial charge in [0.1, 0.15) is 5.75 Å². The fourth-order valence-corrected chi connectivity index (χ4v) is 2.63. The highest BCUT2D eigenvalue weighted by Crippen LogP contribution is 2.25. The summed E-state index contributed by atoms with van der Waals surface area (Å²) >= 11 is 0. The highest BCUT2D eigenvalue weighted by atomic mass is 16.7. The zero-order valence-corrected chi connectivity index (χ0v) is 15.3. The Balaban J connectivity index is 1.66. The monoisotopic (exact) mass is 334 g/mol. The van der Waals surface area contributed by atoms with Crippen LogP contribution < -0.4 is 4.74 Å². The number of unbranched alkanes of at least 4 members (excludes halogenated alkanes) is 1. The van der Waals surface area contributed by atoms with Gasteiger partial charge in [-0.1, -0.05) is 13.8 Å². The summed E-state index contributed by atoms with van der Waals surface area (Å²) in [6, 6.07) is 7.41. The molecule has 0 radical (unpaired) electrons. The molecule has 0 aliphatic carbocycles. The fourth-order valence-electron chi connectivity index (χ4n) is 2.63. The first-order valence-electron chi connectivity index (χ1n) is 8.89. The molecule has 0 spiro atoms. The van der Waals surface area contributed by atoms with Crippen LogP contribution in [0.15, 0.2) is 24.3 Å². The first kappa shape index (κ1) is 18.9. The van der Waals surface area contributed by atoms with Crippen molar-refractivity contribution in [1.82, 2.24) is 0 Å². The predicted molar refractivity (Wildman–Crippen MR) is 94.5 cm³/mol. The number of ketones is 1. The number of Topliss-reactive ketones (excluding diaryl/α,β-unsaturated/α-hetero) is 1. The third-order valence-electron chi connectivity index (χ3n) is 3.96. The maximum Gasteiger partial charge on any atom is 0.162 e. The lowest BCUT2D eigenvalue weighted by Crippen LogP contribution is -2.37. The van der Waals surface area contributed by atoms with Crippen LogP contribution in [0.5, 0.6) is 5.75 Å². The fraction of sp³-hybridized carbons (Fsp3) is 0.650. The Bertz CT molecular complexity index is 509. The lowest BCUT2D eigenvalue weighted by molar-refractivity contribution is -0.224. The maximum absolute atomic E-state index is 12.2. The Morgan fingerprint density at radius 3 is 2.38 bits per heavy atom.